The fourth-order valence-corrected chi connectivity index (χ4v) is 5.29. The monoisotopic (exact) mass is 555 g/mol. The predicted molar refractivity (Wildman–Crippen MR) is 146 cm³/mol. The van der Waals surface area contributed by atoms with Crippen LogP contribution >= 0.6 is 11.6 Å². The van der Waals surface area contributed by atoms with Gasteiger partial charge in [-0.3, -0.25) is 9.69 Å². The van der Waals surface area contributed by atoms with Crippen LogP contribution in [0.15, 0.2) is 24.5 Å². The second kappa shape index (κ2) is 10.1. The van der Waals surface area contributed by atoms with E-state index >= 15 is 0 Å². The van der Waals surface area contributed by atoms with Crippen molar-refractivity contribution in [1.29, 1.82) is 0 Å². The Bertz CT molecular complexity index is 1420. The number of nitrogens with one attached hydrogen (secondary N) is 1. The number of hydrogen-bond acceptors (Lipinski definition) is 7. The molecule has 208 valence electrons. The molecule has 10 nitrogen and oxygen atoms in total. The first-order valence-electron chi connectivity index (χ1n) is 13.1. The number of halogens is 1. The van der Waals surface area contributed by atoms with E-state index in [4.69, 9.17) is 26.1 Å². The molecule has 2 amide bonds. The topological polar surface area (TPSA) is 121 Å². The van der Waals surface area contributed by atoms with Crippen LogP contribution in [0.4, 0.5) is 4.79 Å². The first-order valence-corrected chi connectivity index (χ1v) is 13.4. The van der Waals surface area contributed by atoms with Gasteiger partial charge in [0.1, 0.15) is 16.7 Å². The molecule has 4 heterocycles. The van der Waals surface area contributed by atoms with Gasteiger partial charge in [0.25, 0.3) is 5.91 Å². The average Bonchev–Trinajstić information content (AvgIpc) is 3.25. The van der Waals surface area contributed by atoms with Gasteiger partial charge in [0.15, 0.2) is 5.65 Å². The number of fused-ring (bicyclic) bond motifs is 2. The number of benzene rings is 1. The zero-order valence-corrected chi connectivity index (χ0v) is 23.6. The second-order valence-corrected chi connectivity index (χ2v) is 12.0. The number of morpholine rings is 1. The van der Waals surface area contributed by atoms with Gasteiger partial charge >= 0.3 is 6.09 Å². The van der Waals surface area contributed by atoms with E-state index in [1.165, 1.54) is 13.8 Å². The molecule has 2 aromatic heterocycles. The maximum atomic E-state index is 13.3. The van der Waals surface area contributed by atoms with E-state index in [1.807, 2.05) is 26.8 Å². The lowest BCUT2D eigenvalue weighted by atomic mass is 9.87. The van der Waals surface area contributed by atoms with Crippen molar-refractivity contribution in [2.45, 2.75) is 64.8 Å². The summed E-state index contributed by atoms with van der Waals surface area (Å²) in [5, 5.41) is 10.9. The van der Waals surface area contributed by atoms with Crippen molar-refractivity contribution in [2.75, 3.05) is 26.3 Å². The molecule has 0 spiro atoms. The molecule has 2 aliphatic heterocycles. The van der Waals surface area contributed by atoms with Crippen molar-refractivity contribution >= 4 is 34.8 Å². The number of aromatic amines is 1. The maximum absolute atomic E-state index is 13.3. The van der Waals surface area contributed by atoms with Gasteiger partial charge in [0, 0.05) is 31.4 Å². The fraction of sp³-hybridized carbons (Fsp3) is 0.500. The summed E-state index contributed by atoms with van der Waals surface area (Å²) in [4.78, 5) is 41.9. The van der Waals surface area contributed by atoms with E-state index in [0.29, 0.717) is 54.5 Å². The number of ether oxygens (including phenoxy) is 2. The lowest BCUT2D eigenvalue weighted by Crippen LogP contribution is -2.48. The molecule has 3 aromatic rings. The Morgan fingerprint density at radius 3 is 2.69 bits per heavy atom. The zero-order chi connectivity index (χ0) is 28.1. The number of aliphatic hydroxyl groups is 1. The molecule has 11 heteroatoms. The van der Waals surface area contributed by atoms with Crippen LogP contribution in [-0.4, -0.2) is 79.4 Å². The third kappa shape index (κ3) is 5.59. The molecule has 1 fully saturated rings. The van der Waals surface area contributed by atoms with E-state index in [-0.39, 0.29) is 12.5 Å². The SMILES string of the molecule is CC(C)(C)OC(=O)N1CCOCC1c1cc(-c2cnc3[nH]cc(Cl)c3n2)cc2c1CN(C(=O)C(C)(C)O)CC2. The molecular weight excluding hydrogens is 522 g/mol. The third-order valence-corrected chi connectivity index (χ3v) is 7.22. The Labute approximate surface area is 232 Å². The summed E-state index contributed by atoms with van der Waals surface area (Å²) in [6, 6.07) is 3.61. The van der Waals surface area contributed by atoms with E-state index in [2.05, 4.69) is 16.0 Å². The van der Waals surface area contributed by atoms with Crippen molar-refractivity contribution in [1.82, 2.24) is 24.8 Å². The number of amides is 2. The predicted octanol–water partition coefficient (Wildman–Crippen LogP) is 4.24. The Morgan fingerprint density at radius 2 is 1.97 bits per heavy atom. The summed E-state index contributed by atoms with van der Waals surface area (Å²) < 4.78 is 11.6. The summed E-state index contributed by atoms with van der Waals surface area (Å²) in [6.45, 7) is 10.3. The Hall–Kier alpha value is -3.21. The summed E-state index contributed by atoms with van der Waals surface area (Å²) in [6.07, 6.45) is 3.51. The molecular formula is C28H34ClN5O5. The summed E-state index contributed by atoms with van der Waals surface area (Å²) in [5.41, 5.74) is 3.32. The standard InChI is InChI=1S/C28H34ClN5O5/c1-27(2,3)39-26(36)34-8-9-38-15-22(34)18-11-17(21-13-31-24-23(32-21)20(29)12-30-24)10-16-6-7-33(14-19(16)18)25(35)28(4,5)37/h10-13,22,37H,6-9,14-15H2,1-5H3,(H,30,31). The zero-order valence-electron chi connectivity index (χ0n) is 22.9. The lowest BCUT2D eigenvalue weighted by Gasteiger charge is -2.40. The molecule has 2 N–H and O–H groups in total. The maximum Gasteiger partial charge on any atom is 0.410 e. The lowest BCUT2D eigenvalue weighted by molar-refractivity contribution is -0.148. The number of aromatic nitrogens is 3. The molecule has 1 saturated heterocycles. The highest BCUT2D eigenvalue weighted by atomic mass is 35.5. The van der Waals surface area contributed by atoms with Crippen molar-refractivity contribution < 1.29 is 24.2 Å². The van der Waals surface area contributed by atoms with Gasteiger partial charge in [-0.05, 0) is 69.9 Å². The van der Waals surface area contributed by atoms with Crippen LogP contribution in [0.1, 0.15) is 57.4 Å². The molecule has 0 aliphatic carbocycles. The Kier molecular flexibility index (Phi) is 7.07. The molecule has 39 heavy (non-hydrogen) atoms. The normalized spacial score (nSPS) is 18.3. The minimum absolute atomic E-state index is 0.281. The van der Waals surface area contributed by atoms with E-state index in [9.17, 15) is 14.7 Å². The molecule has 0 bridgehead atoms. The molecule has 2 aliphatic rings. The van der Waals surface area contributed by atoms with Crippen LogP contribution in [0.3, 0.4) is 0 Å². The smallest absolute Gasteiger partial charge is 0.410 e. The van der Waals surface area contributed by atoms with Crippen molar-refractivity contribution in [3.8, 4) is 11.3 Å². The molecule has 0 radical (unpaired) electrons. The number of nitrogens with zero attached hydrogens (tertiary/aromatic N) is 4. The summed E-state index contributed by atoms with van der Waals surface area (Å²) in [5.74, 6) is -0.342. The van der Waals surface area contributed by atoms with Crippen LogP contribution in [0.25, 0.3) is 22.4 Å². The van der Waals surface area contributed by atoms with Gasteiger partial charge in [-0.2, -0.15) is 0 Å². The highest BCUT2D eigenvalue weighted by Gasteiger charge is 2.37. The van der Waals surface area contributed by atoms with Gasteiger partial charge in [0.2, 0.25) is 0 Å². The summed E-state index contributed by atoms with van der Waals surface area (Å²) in [7, 11) is 0. The van der Waals surface area contributed by atoms with Crippen molar-refractivity contribution in [3.05, 3.63) is 46.2 Å². The van der Waals surface area contributed by atoms with Gasteiger partial charge in [0.05, 0.1) is 36.2 Å². The van der Waals surface area contributed by atoms with Gasteiger partial charge in [-0.1, -0.05) is 11.6 Å². The van der Waals surface area contributed by atoms with Gasteiger partial charge in [-0.25, -0.2) is 14.8 Å². The van der Waals surface area contributed by atoms with E-state index < -0.39 is 23.3 Å². The van der Waals surface area contributed by atoms with E-state index in [1.54, 1.807) is 22.2 Å². The largest absolute Gasteiger partial charge is 0.444 e. The number of hydrogen-bond donors (Lipinski definition) is 2. The fourth-order valence-electron chi connectivity index (χ4n) is 5.10. The minimum Gasteiger partial charge on any atom is -0.444 e. The number of carbonyl (C=O) groups excluding carboxylic acids is 2. The van der Waals surface area contributed by atoms with Gasteiger partial charge in [-0.15, -0.1) is 0 Å². The number of rotatable bonds is 3. The Morgan fingerprint density at radius 1 is 1.21 bits per heavy atom. The molecule has 1 atom stereocenters. The number of H-pyrrole nitrogens is 1. The Balaban J connectivity index is 1.62. The van der Waals surface area contributed by atoms with Crippen molar-refractivity contribution in [3.63, 3.8) is 0 Å². The molecule has 1 aromatic carbocycles. The molecule has 1 unspecified atom stereocenters. The minimum atomic E-state index is -1.49. The summed E-state index contributed by atoms with van der Waals surface area (Å²) >= 11 is 6.32. The average molecular weight is 556 g/mol. The molecule has 0 saturated carbocycles. The highest BCUT2D eigenvalue weighted by Crippen LogP contribution is 2.37. The van der Waals surface area contributed by atoms with E-state index in [0.717, 1.165) is 22.3 Å². The first kappa shape index (κ1) is 27.4. The number of carbonyl (C=O) groups is 2. The molecule has 5 rings (SSSR count). The highest BCUT2D eigenvalue weighted by molar-refractivity contribution is 6.34. The van der Waals surface area contributed by atoms with Crippen LogP contribution in [0.2, 0.25) is 5.02 Å². The van der Waals surface area contributed by atoms with Crippen molar-refractivity contribution in [2.24, 2.45) is 0 Å². The second-order valence-electron chi connectivity index (χ2n) is 11.6. The first-order chi connectivity index (χ1) is 18.3. The van der Waals surface area contributed by atoms with Crippen LogP contribution in [0.5, 0.6) is 0 Å². The quantitative estimate of drug-likeness (QED) is 0.496. The van der Waals surface area contributed by atoms with Gasteiger partial charge < -0.3 is 24.5 Å². The van der Waals surface area contributed by atoms with Crippen LogP contribution < -0.4 is 0 Å². The third-order valence-electron chi connectivity index (χ3n) is 6.93. The van der Waals surface area contributed by atoms with Crippen LogP contribution in [-0.2, 0) is 27.2 Å². The van der Waals surface area contributed by atoms with Crippen LogP contribution in [0, 0.1) is 0 Å².